The second-order valence-corrected chi connectivity index (χ2v) is 13.9. The lowest BCUT2D eigenvalue weighted by Gasteiger charge is -2.30. The summed E-state index contributed by atoms with van der Waals surface area (Å²) >= 11 is 6.34. The van der Waals surface area contributed by atoms with Crippen LogP contribution >= 0.6 is 11.6 Å². The fraction of sp³-hybridized carbons (Fsp3) is 0.487. The number of methoxy groups -OCH3 is 1. The van der Waals surface area contributed by atoms with Crippen molar-refractivity contribution in [1.82, 2.24) is 10.6 Å². The largest absolute Gasteiger partial charge is 0.546 e. The first-order valence-electron chi connectivity index (χ1n) is 17.0. The smallest absolute Gasteiger partial charge is 0.314 e. The highest BCUT2D eigenvalue weighted by Crippen LogP contribution is 2.46. The SMILES string of the molecule is C=C[C@@H](C/C=C/C(=O)N[C@H](Cc1ccc(OC)c(Cl)c1)C(=O)NC[C@](C)(CC)C(=O)O[C@@H](CC(C)C)C(=O)[O-])[C@H](C)[C@H]1O[C@@H]1c1ccccc1. The molecule has 7 atom stereocenters. The molecule has 3 rings (SSSR count). The third kappa shape index (κ3) is 11.5. The predicted octanol–water partition coefficient (Wildman–Crippen LogP) is 5.14. The minimum Gasteiger partial charge on any atom is -0.546 e. The Hall–Kier alpha value is -4.15. The maximum absolute atomic E-state index is 13.6. The van der Waals surface area contributed by atoms with Crippen LogP contribution in [0.4, 0.5) is 0 Å². The lowest BCUT2D eigenvalue weighted by atomic mass is 9.86. The van der Waals surface area contributed by atoms with Gasteiger partial charge in [-0.15, -0.1) is 6.58 Å². The molecule has 1 heterocycles. The van der Waals surface area contributed by atoms with Crippen molar-refractivity contribution in [2.24, 2.45) is 23.2 Å². The predicted molar refractivity (Wildman–Crippen MR) is 190 cm³/mol. The molecular weight excluding hydrogens is 660 g/mol. The third-order valence-electron chi connectivity index (χ3n) is 9.24. The highest BCUT2D eigenvalue weighted by atomic mass is 35.5. The number of carbonyl (C=O) groups excluding carboxylic acids is 4. The Kier molecular flexibility index (Phi) is 15.1. The molecule has 2 aromatic carbocycles. The van der Waals surface area contributed by atoms with E-state index in [2.05, 4.69) is 24.1 Å². The van der Waals surface area contributed by atoms with Gasteiger partial charge in [-0.3, -0.25) is 14.4 Å². The van der Waals surface area contributed by atoms with Crippen LogP contribution in [0.1, 0.15) is 71.1 Å². The molecule has 0 spiro atoms. The normalized spacial score (nSPS) is 19.0. The molecule has 11 heteroatoms. The Balaban J connectivity index is 1.69. The quantitative estimate of drug-likeness (QED) is 0.0832. The van der Waals surface area contributed by atoms with Gasteiger partial charge in [0.25, 0.3) is 0 Å². The molecule has 2 aromatic rings. The van der Waals surface area contributed by atoms with E-state index in [4.69, 9.17) is 25.8 Å². The number of nitrogens with one attached hydrogen (secondary N) is 2. The molecule has 1 saturated heterocycles. The van der Waals surface area contributed by atoms with Gasteiger partial charge in [-0.1, -0.05) is 87.8 Å². The Labute approximate surface area is 300 Å². The van der Waals surface area contributed by atoms with Crippen molar-refractivity contribution < 1.29 is 38.5 Å². The molecule has 1 aliphatic heterocycles. The van der Waals surface area contributed by atoms with Gasteiger partial charge in [-0.05, 0) is 73.3 Å². The zero-order valence-corrected chi connectivity index (χ0v) is 30.5. The number of hydrogen-bond acceptors (Lipinski definition) is 8. The lowest BCUT2D eigenvalue weighted by Crippen LogP contribution is -2.51. The first kappa shape index (κ1) is 40.3. The number of epoxide rings is 1. The van der Waals surface area contributed by atoms with E-state index >= 15 is 0 Å². The lowest BCUT2D eigenvalue weighted by molar-refractivity contribution is -0.316. The van der Waals surface area contributed by atoms with Crippen LogP contribution in [-0.2, 0) is 35.1 Å². The van der Waals surface area contributed by atoms with Gasteiger partial charge in [-0.25, -0.2) is 0 Å². The fourth-order valence-electron chi connectivity index (χ4n) is 5.68. The first-order chi connectivity index (χ1) is 23.7. The first-order valence-corrected chi connectivity index (χ1v) is 17.4. The molecule has 2 N–H and O–H groups in total. The second-order valence-electron chi connectivity index (χ2n) is 13.5. The summed E-state index contributed by atoms with van der Waals surface area (Å²) in [6.45, 7) is 12.9. The highest BCUT2D eigenvalue weighted by Gasteiger charge is 2.45. The number of aliphatic carboxylic acids is 1. The summed E-state index contributed by atoms with van der Waals surface area (Å²) in [7, 11) is 1.49. The summed E-state index contributed by atoms with van der Waals surface area (Å²) in [5.41, 5.74) is 0.564. The molecule has 10 nitrogen and oxygen atoms in total. The Morgan fingerprint density at radius 3 is 2.40 bits per heavy atom. The van der Waals surface area contributed by atoms with Gasteiger partial charge in [0, 0.05) is 13.0 Å². The third-order valence-corrected chi connectivity index (χ3v) is 9.54. The number of hydrogen-bond donors (Lipinski definition) is 2. The van der Waals surface area contributed by atoms with Crippen molar-refractivity contribution in [1.29, 1.82) is 0 Å². The fourth-order valence-corrected chi connectivity index (χ4v) is 5.96. The van der Waals surface area contributed by atoms with Crippen LogP contribution in [-0.4, -0.2) is 55.7 Å². The van der Waals surface area contributed by atoms with E-state index in [0.717, 1.165) is 5.56 Å². The molecule has 2 amide bonds. The number of carboxylic acids is 1. The van der Waals surface area contributed by atoms with Crippen LogP contribution in [0.2, 0.25) is 5.02 Å². The van der Waals surface area contributed by atoms with Crippen LogP contribution < -0.4 is 20.5 Å². The van der Waals surface area contributed by atoms with Crippen LogP contribution in [0.5, 0.6) is 5.75 Å². The van der Waals surface area contributed by atoms with E-state index in [1.165, 1.54) is 13.2 Å². The molecule has 1 aliphatic rings. The van der Waals surface area contributed by atoms with Gasteiger partial charge in [0.1, 0.15) is 24.0 Å². The molecule has 1 fully saturated rings. The van der Waals surface area contributed by atoms with Gasteiger partial charge in [-0.2, -0.15) is 0 Å². The van der Waals surface area contributed by atoms with Gasteiger partial charge < -0.3 is 34.7 Å². The van der Waals surface area contributed by atoms with Crippen molar-refractivity contribution in [3.05, 3.63) is 89.5 Å². The molecular formula is C39H50ClN2O8-. The monoisotopic (exact) mass is 709 g/mol. The van der Waals surface area contributed by atoms with E-state index in [1.54, 1.807) is 38.1 Å². The average molecular weight is 710 g/mol. The maximum atomic E-state index is 13.6. The molecule has 0 radical (unpaired) electrons. The van der Waals surface area contributed by atoms with Crippen LogP contribution in [0.25, 0.3) is 0 Å². The number of allylic oxidation sites excluding steroid dienone is 2. The second kappa shape index (κ2) is 18.7. The highest BCUT2D eigenvalue weighted by molar-refractivity contribution is 6.32. The molecule has 0 bridgehead atoms. The number of carboxylic acid groups (broad SMARTS) is 1. The van der Waals surface area contributed by atoms with Crippen LogP contribution in [0.15, 0.2) is 73.3 Å². The van der Waals surface area contributed by atoms with E-state index < -0.39 is 41.3 Å². The van der Waals surface area contributed by atoms with E-state index in [-0.39, 0.29) is 55.8 Å². The van der Waals surface area contributed by atoms with E-state index in [1.807, 2.05) is 50.3 Å². The van der Waals surface area contributed by atoms with Crippen LogP contribution in [0.3, 0.4) is 0 Å². The molecule has 0 unspecified atom stereocenters. The van der Waals surface area contributed by atoms with Crippen molar-refractivity contribution in [2.75, 3.05) is 13.7 Å². The summed E-state index contributed by atoms with van der Waals surface area (Å²) < 4.78 is 16.5. The number of amides is 2. The van der Waals surface area contributed by atoms with Crippen LogP contribution in [0, 0.1) is 23.2 Å². The number of carbonyl (C=O) groups is 4. The molecule has 272 valence electrons. The molecule has 0 aliphatic carbocycles. The molecule has 50 heavy (non-hydrogen) atoms. The Morgan fingerprint density at radius 2 is 1.82 bits per heavy atom. The van der Waals surface area contributed by atoms with Gasteiger partial charge in [0.2, 0.25) is 11.8 Å². The molecule has 0 saturated carbocycles. The summed E-state index contributed by atoms with van der Waals surface area (Å²) in [6, 6.07) is 14.1. The van der Waals surface area contributed by atoms with Crippen molar-refractivity contribution in [2.45, 2.75) is 84.7 Å². The zero-order chi connectivity index (χ0) is 37.0. The Morgan fingerprint density at radius 1 is 1.12 bits per heavy atom. The number of rotatable bonds is 20. The summed E-state index contributed by atoms with van der Waals surface area (Å²) in [6.07, 6.45) is 4.70. The standard InChI is InChI=1S/C39H51ClN2O8/c1-8-27(25(5)34-35(50-34)28-14-11-10-12-15-28)16-13-17-33(43)42-30(22-26-18-19-31(48-7)29(40)21-26)36(44)41-23-39(6,9-2)38(47)49-32(37(45)46)20-24(3)4/h8,10-15,17-19,21,24-25,27,30,32,34-35H,1,9,16,20,22-23H2,2-7H3,(H,41,44)(H,42,43)(H,45,46)/p-1/b17-13+/t25-,27-,30+,32-,34+,35+,39-/m0/s1. The molecule has 0 aromatic heterocycles. The zero-order valence-electron chi connectivity index (χ0n) is 29.8. The van der Waals surface area contributed by atoms with E-state index in [0.29, 0.717) is 22.8 Å². The van der Waals surface area contributed by atoms with Crippen molar-refractivity contribution >= 4 is 35.4 Å². The average Bonchev–Trinajstić information content (AvgIpc) is 3.89. The topological polar surface area (TPSA) is 146 Å². The number of halogens is 1. The summed E-state index contributed by atoms with van der Waals surface area (Å²) in [5, 5.41) is 17.5. The van der Waals surface area contributed by atoms with Gasteiger partial charge >= 0.3 is 5.97 Å². The minimum atomic E-state index is -1.48. The maximum Gasteiger partial charge on any atom is 0.314 e. The van der Waals surface area contributed by atoms with Gasteiger partial charge in [0.05, 0.1) is 29.6 Å². The summed E-state index contributed by atoms with van der Waals surface area (Å²) in [4.78, 5) is 51.5. The summed E-state index contributed by atoms with van der Waals surface area (Å²) in [5.74, 6) is -2.63. The van der Waals surface area contributed by atoms with Gasteiger partial charge in [0.15, 0.2) is 0 Å². The number of ether oxygens (including phenoxy) is 3. The van der Waals surface area contributed by atoms with Crippen molar-refractivity contribution in [3.8, 4) is 5.75 Å². The van der Waals surface area contributed by atoms with E-state index in [9.17, 15) is 24.3 Å². The minimum absolute atomic E-state index is 0.0405. The Bertz CT molecular complexity index is 1510. The van der Waals surface area contributed by atoms with Crippen molar-refractivity contribution in [3.63, 3.8) is 0 Å². The number of benzene rings is 2. The number of esters is 1.